The van der Waals surface area contributed by atoms with Crippen molar-refractivity contribution in [2.75, 3.05) is 45.5 Å². The predicted octanol–water partition coefficient (Wildman–Crippen LogP) is 0.506. The lowest BCUT2D eigenvalue weighted by molar-refractivity contribution is -0.133. The summed E-state index contributed by atoms with van der Waals surface area (Å²) < 4.78 is 25.2. The van der Waals surface area contributed by atoms with Gasteiger partial charge in [0.05, 0.1) is 11.7 Å². The van der Waals surface area contributed by atoms with Crippen molar-refractivity contribution in [3.8, 4) is 0 Å². The van der Waals surface area contributed by atoms with E-state index < -0.39 is 10.0 Å². The molecule has 0 aliphatic carbocycles. The van der Waals surface area contributed by atoms with Gasteiger partial charge < -0.3 is 10.2 Å². The Morgan fingerprint density at radius 1 is 1.17 bits per heavy atom. The minimum atomic E-state index is -3.13. The average Bonchev–Trinajstić information content (AvgIpc) is 2.92. The fourth-order valence-corrected chi connectivity index (χ4v) is 5.89. The number of carbonyl (C=O) groups excluding carboxylic acids is 1. The number of nitrogens with zero attached hydrogens (tertiary/aromatic N) is 2. The summed E-state index contributed by atoms with van der Waals surface area (Å²) in [6.07, 6.45) is 3.76. The van der Waals surface area contributed by atoms with Gasteiger partial charge in [0, 0.05) is 44.7 Å². The first-order chi connectivity index (χ1) is 10.7. The van der Waals surface area contributed by atoms with Crippen molar-refractivity contribution < 1.29 is 13.2 Å². The third-order valence-electron chi connectivity index (χ3n) is 6.08. The van der Waals surface area contributed by atoms with Gasteiger partial charge in [0.15, 0.2) is 0 Å². The molecule has 0 saturated carbocycles. The molecule has 3 saturated heterocycles. The second-order valence-corrected chi connectivity index (χ2v) is 10.1. The van der Waals surface area contributed by atoms with Crippen molar-refractivity contribution in [2.24, 2.45) is 16.7 Å². The van der Waals surface area contributed by atoms with E-state index in [9.17, 15) is 13.2 Å². The number of rotatable bonds is 3. The van der Waals surface area contributed by atoms with E-state index in [2.05, 4.69) is 24.1 Å². The SMILES string of the molecule is CC(C)CN1CC2(CCN(S(C)(=O)=O)CC2)[C@]2(CCNC2=O)C1. The van der Waals surface area contributed by atoms with Crippen LogP contribution in [-0.4, -0.2) is 69.1 Å². The Hall–Kier alpha value is -0.660. The lowest BCUT2D eigenvalue weighted by atomic mass is 9.60. The highest BCUT2D eigenvalue weighted by atomic mass is 32.2. The molecular formula is C16H29N3O3S. The third-order valence-corrected chi connectivity index (χ3v) is 7.38. The van der Waals surface area contributed by atoms with Gasteiger partial charge in [0.2, 0.25) is 15.9 Å². The highest BCUT2D eigenvalue weighted by Gasteiger charge is 2.63. The van der Waals surface area contributed by atoms with Crippen LogP contribution in [0.1, 0.15) is 33.1 Å². The topological polar surface area (TPSA) is 69.7 Å². The molecule has 3 fully saturated rings. The fourth-order valence-electron chi connectivity index (χ4n) is 5.04. The first-order valence-corrected chi connectivity index (χ1v) is 10.5. The number of fused-ring (bicyclic) bond motifs is 1. The van der Waals surface area contributed by atoms with Crippen LogP contribution in [-0.2, 0) is 14.8 Å². The van der Waals surface area contributed by atoms with Gasteiger partial charge >= 0.3 is 0 Å². The zero-order valence-corrected chi connectivity index (χ0v) is 15.3. The van der Waals surface area contributed by atoms with Crippen molar-refractivity contribution in [2.45, 2.75) is 33.1 Å². The molecule has 6 nitrogen and oxygen atoms in total. The summed E-state index contributed by atoms with van der Waals surface area (Å²) in [5.74, 6) is 0.763. The molecular weight excluding hydrogens is 314 g/mol. The Balaban J connectivity index is 1.85. The van der Waals surface area contributed by atoms with E-state index in [1.165, 1.54) is 6.26 Å². The van der Waals surface area contributed by atoms with Gasteiger partial charge in [0.1, 0.15) is 0 Å². The number of hydrogen-bond acceptors (Lipinski definition) is 4. The number of nitrogens with one attached hydrogen (secondary N) is 1. The van der Waals surface area contributed by atoms with Crippen LogP contribution in [0, 0.1) is 16.7 Å². The van der Waals surface area contributed by atoms with Crippen molar-refractivity contribution in [1.29, 1.82) is 0 Å². The maximum atomic E-state index is 12.7. The molecule has 1 amide bonds. The number of likely N-dealkylation sites (tertiary alicyclic amines) is 1. The van der Waals surface area contributed by atoms with Crippen LogP contribution in [0.2, 0.25) is 0 Å². The van der Waals surface area contributed by atoms with E-state index in [4.69, 9.17) is 0 Å². The molecule has 3 rings (SSSR count). The molecule has 2 spiro atoms. The molecule has 0 aromatic heterocycles. The van der Waals surface area contributed by atoms with Crippen molar-refractivity contribution >= 4 is 15.9 Å². The maximum Gasteiger partial charge on any atom is 0.228 e. The van der Waals surface area contributed by atoms with Crippen LogP contribution in [0.25, 0.3) is 0 Å². The molecule has 0 aromatic rings. The normalized spacial score (nSPS) is 32.3. The minimum absolute atomic E-state index is 0.0658. The molecule has 1 N–H and O–H groups in total. The number of amides is 1. The first kappa shape index (κ1) is 17.2. The molecule has 0 bridgehead atoms. The molecule has 0 aromatic carbocycles. The summed E-state index contributed by atoms with van der Waals surface area (Å²) in [4.78, 5) is 15.1. The van der Waals surface area contributed by atoms with Gasteiger partial charge in [-0.3, -0.25) is 4.79 Å². The van der Waals surface area contributed by atoms with Gasteiger partial charge in [-0.15, -0.1) is 0 Å². The summed E-state index contributed by atoms with van der Waals surface area (Å²) in [6, 6.07) is 0. The van der Waals surface area contributed by atoms with Crippen molar-refractivity contribution in [1.82, 2.24) is 14.5 Å². The molecule has 3 aliphatic rings. The Morgan fingerprint density at radius 3 is 2.30 bits per heavy atom. The summed E-state index contributed by atoms with van der Waals surface area (Å²) in [6.45, 7) is 9.02. The minimum Gasteiger partial charge on any atom is -0.356 e. The summed E-state index contributed by atoms with van der Waals surface area (Å²) >= 11 is 0. The van der Waals surface area contributed by atoms with Crippen LogP contribution in [0.5, 0.6) is 0 Å². The number of piperidine rings is 1. The molecule has 3 heterocycles. The van der Waals surface area contributed by atoms with Crippen molar-refractivity contribution in [3.05, 3.63) is 0 Å². The molecule has 3 aliphatic heterocycles. The van der Waals surface area contributed by atoms with Gasteiger partial charge in [-0.25, -0.2) is 12.7 Å². The maximum absolute atomic E-state index is 12.7. The molecule has 0 unspecified atom stereocenters. The fraction of sp³-hybridized carbons (Fsp3) is 0.938. The van der Waals surface area contributed by atoms with Gasteiger partial charge in [-0.2, -0.15) is 0 Å². The molecule has 7 heteroatoms. The van der Waals surface area contributed by atoms with Gasteiger partial charge in [-0.1, -0.05) is 13.8 Å². The Bertz CT molecular complexity index is 581. The average molecular weight is 343 g/mol. The van der Waals surface area contributed by atoms with E-state index in [-0.39, 0.29) is 16.7 Å². The highest BCUT2D eigenvalue weighted by Crippen LogP contribution is 2.56. The highest BCUT2D eigenvalue weighted by molar-refractivity contribution is 7.88. The quantitative estimate of drug-likeness (QED) is 0.810. The van der Waals surface area contributed by atoms with E-state index in [1.54, 1.807) is 4.31 Å². The lowest BCUT2D eigenvalue weighted by Crippen LogP contribution is -2.53. The number of hydrogen-bond donors (Lipinski definition) is 1. The van der Waals surface area contributed by atoms with Gasteiger partial charge in [-0.05, 0) is 25.2 Å². The molecule has 0 radical (unpaired) electrons. The van der Waals surface area contributed by atoms with Crippen LogP contribution in [0.4, 0.5) is 0 Å². The monoisotopic (exact) mass is 343 g/mol. The third kappa shape index (κ3) is 2.81. The van der Waals surface area contributed by atoms with E-state index in [0.717, 1.165) is 45.4 Å². The largest absolute Gasteiger partial charge is 0.356 e. The summed E-state index contributed by atoms with van der Waals surface area (Å²) in [5, 5.41) is 3.04. The van der Waals surface area contributed by atoms with Crippen LogP contribution in [0.3, 0.4) is 0 Å². The second kappa shape index (κ2) is 5.70. The van der Waals surface area contributed by atoms with Gasteiger partial charge in [0.25, 0.3) is 0 Å². The van der Waals surface area contributed by atoms with E-state index >= 15 is 0 Å². The molecule has 23 heavy (non-hydrogen) atoms. The number of carbonyl (C=O) groups is 1. The standard InChI is InChI=1S/C16H29N3O3S/c1-13(2)10-18-11-15(16(12-18)4-7-17-14(16)20)5-8-19(9-6-15)23(3,21)22/h13H,4-12H2,1-3H3,(H,17,20)/t16-/m1/s1. The first-order valence-electron chi connectivity index (χ1n) is 8.64. The zero-order valence-electron chi connectivity index (χ0n) is 14.5. The Morgan fingerprint density at radius 2 is 1.83 bits per heavy atom. The number of sulfonamides is 1. The lowest BCUT2D eigenvalue weighted by Gasteiger charge is -2.46. The molecule has 1 atom stereocenters. The second-order valence-electron chi connectivity index (χ2n) is 8.09. The summed E-state index contributed by atoms with van der Waals surface area (Å²) in [5.41, 5.74) is -0.380. The van der Waals surface area contributed by atoms with Crippen molar-refractivity contribution in [3.63, 3.8) is 0 Å². The van der Waals surface area contributed by atoms with Crippen LogP contribution in [0.15, 0.2) is 0 Å². The van der Waals surface area contributed by atoms with E-state index in [1.807, 2.05) is 0 Å². The Kier molecular flexibility index (Phi) is 4.26. The van der Waals surface area contributed by atoms with Crippen LogP contribution < -0.4 is 5.32 Å². The Labute approximate surface area is 139 Å². The smallest absolute Gasteiger partial charge is 0.228 e. The zero-order chi connectivity index (χ0) is 16.9. The molecule has 132 valence electrons. The van der Waals surface area contributed by atoms with E-state index in [0.29, 0.717) is 19.0 Å². The van der Waals surface area contributed by atoms with Crippen LogP contribution >= 0.6 is 0 Å². The predicted molar refractivity (Wildman–Crippen MR) is 89.4 cm³/mol. The summed E-state index contributed by atoms with van der Waals surface area (Å²) in [7, 11) is -3.13.